The molecule has 1 aliphatic rings. The molecule has 136 valence electrons. The Morgan fingerprint density at radius 3 is 2.23 bits per heavy atom. The summed E-state index contributed by atoms with van der Waals surface area (Å²) in [6.07, 6.45) is 9.22. The molecular weight excluding hydrogens is 318 g/mol. The molecule has 2 nitrogen and oxygen atoms in total. The first-order chi connectivity index (χ1) is 12.8. The number of hydrogen-bond donors (Lipinski definition) is 0. The van der Waals surface area contributed by atoms with Gasteiger partial charge in [-0.3, -0.25) is 0 Å². The quantitative estimate of drug-likeness (QED) is 0.560. The van der Waals surface area contributed by atoms with Crippen LogP contribution >= 0.6 is 0 Å². The van der Waals surface area contributed by atoms with Crippen molar-refractivity contribution < 1.29 is 4.74 Å². The van der Waals surface area contributed by atoms with Crippen molar-refractivity contribution in [2.24, 2.45) is 11.8 Å². The summed E-state index contributed by atoms with van der Waals surface area (Å²) in [7, 11) is 0. The minimum atomic E-state index is 0.0769. The van der Waals surface area contributed by atoms with Crippen molar-refractivity contribution in [2.45, 2.75) is 58.0 Å². The van der Waals surface area contributed by atoms with Crippen LogP contribution in [-0.4, -0.2) is 0 Å². The van der Waals surface area contributed by atoms with E-state index in [0.717, 1.165) is 24.0 Å². The summed E-state index contributed by atoms with van der Waals surface area (Å²) in [5, 5.41) is 8.96. The van der Waals surface area contributed by atoms with Crippen LogP contribution in [0.2, 0.25) is 0 Å². The Hall–Kier alpha value is -2.27. The van der Waals surface area contributed by atoms with Gasteiger partial charge in [-0.25, -0.2) is 0 Å². The first-order valence-electron chi connectivity index (χ1n) is 10.00. The van der Waals surface area contributed by atoms with Gasteiger partial charge in [-0.15, -0.1) is 0 Å². The molecule has 0 heterocycles. The number of nitriles is 1. The number of hydrogen-bond acceptors (Lipinski definition) is 2. The topological polar surface area (TPSA) is 33.0 Å². The molecule has 2 heteroatoms. The third kappa shape index (κ3) is 5.11. The molecule has 0 N–H and O–H groups in total. The van der Waals surface area contributed by atoms with E-state index in [2.05, 4.69) is 37.3 Å². The third-order valence-corrected chi connectivity index (χ3v) is 5.81. The molecule has 2 aromatic rings. The Kier molecular flexibility index (Phi) is 6.72. The van der Waals surface area contributed by atoms with Crippen LogP contribution in [0.1, 0.15) is 69.1 Å². The van der Waals surface area contributed by atoms with E-state index in [-0.39, 0.29) is 6.10 Å². The van der Waals surface area contributed by atoms with Crippen molar-refractivity contribution in [2.75, 3.05) is 0 Å². The van der Waals surface area contributed by atoms with E-state index >= 15 is 0 Å². The molecule has 0 radical (unpaired) electrons. The lowest BCUT2D eigenvalue weighted by molar-refractivity contribution is 0.169. The Bertz CT molecular complexity index is 693. The molecule has 1 atom stereocenters. The van der Waals surface area contributed by atoms with Crippen LogP contribution in [0.5, 0.6) is 5.75 Å². The van der Waals surface area contributed by atoms with E-state index in [4.69, 9.17) is 10.00 Å². The zero-order valence-corrected chi connectivity index (χ0v) is 15.7. The van der Waals surface area contributed by atoms with Crippen molar-refractivity contribution in [1.82, 2.24) is 0 Å². The molecule has 0 aromatic heterocycles. The standard InChI is InChI=1S/C24H29NO/c1-2-19-8-10-20(11-9-19)14-17-24(22-6-4-3-5-7-22)26-23-15-12-21(18-25)13-16-23/h3-7,12-13,15-16,19-20,24H,2,8-11,14,17H2,1H3. The Labute approximate surface area is 157 Å². The van der Waals surface area contributed by atoms with Gasteiger partial charge in [0, 0.05) is 0 Å². The second-order valence-electron chi connectivity index (χ2n) is 7.53. The van der Waals surface area contributed by atoms with E-state index in [1.165, 1.54) is 44.1 Å². The molecular formula is C24H29NO. The smallest absolute Gasteiger partial charge is 0.124 e. The highest BCUT2D eigenvalue weighted by Crippen LogP contribution is 2.35. The fraction of sp³-hybridized carbons (Fsp3) is 0.458. The van der Waals surface area contributed by atoms with E-state index in [1.807, 2.05) is 30.3 Å². The molecule has 1 unspecified atom stereocenters. The first-order valence-corrected chi connectivity index (χ1v) is 10.00. The highest BCUT2D eigenvalue weighted by Gasteiger charge is 2.22. The minimum Gasteiger partial charge on any atom is -0.486 e. The van der Waals surface area contributed by atoms with Gasteiger partial charge in [-0.2, -0.15) is 5.26 Å². The maximum Gasteiger partial charge on any atom is 0.124 e. The van der Waals surface area contributed by atoms with E-state index in [9.17, 15) is 0 Å². The molecule has 2 aromatic carbocycles. The second kappa shape index (κ2) is 9.43. The van der Waals surface area contributed by atoms with Crippen LogP contribution in [-0.2, 0) is 0 Å². The number of nitrogens with zero attached hydrogens (tertiary/aromatic N) is 1. The fourth-order valence-electron chi connectivity index (χ4n) is 4.05. The molecule has 0 aliphatic heterocycles. The fourth-order valence-corrected chi connectivity index (χ4v) is 4.05. The van der Waals surface area contributed by atoms with Gasteiger partial charge in [0.2, 0.25) is 0 Å². The minimum absolute atomic E-state index is 0.0769. The van der Waals surface area contributed by atoms with Crippen LogP contribution < -0.4 is 4.74 Å². The van der Waals surface area contributed by atoms with Crippen molar-refractivity contribution in [3.05, 3.63) is 65.7 Å². The first kappa shape index (κ1) is 18.5. The SMILES string of the molecule is CCC1CCC(CCC(Oc2ccc(C#N)cc2)c2ccccc2)CC1. The van der Waals surface area contributed by atoms with Crippen LogP contribution in [0.4, 0.5) is 0 Å². The Morgan fingerprint density at radius 2 is 1.62 bits per heavy atom. The molecule has 26 heavy (non-hydrogen) atoms. The average molecular weight is 348 g/mol. The Balaban J connectivity index is 1.63. The summed E-state index contributed by atoms with van der Waals surface area (Å²) >= 11 is 0. The molecule has 1 fully saturated rings. The zero-order valence-electron chi connectivity index (χ0n) is 15.7. The predicted molar refractivity (Wildman–Crippen MR) is 106 cm³/mol. The van der Waals surface area contributed by atoms with Gasteiger partial charge in [0.15, 0.2) is 0 Å². The lowest BCUT2D eigenvalue weighted by Gasteiger charge is -2.29. The Morgan fingerprint density at radius 1 is 0.962 bits per heavy atom. The van der Waals surface area contributed by atoms with Crippen LogP contribution in [0.3, 0.4) is 0 Å². The summed E-state index contributed by atoms with van der Waals surface area (Å²) in [5.41, 5.74) is 1.90. The summed E-state index contributed by atoms with van der Waals surface area (Å²) in [4.78, 5) is 0. The molecule has 0 saturated heterocycles. The van der Waals surface area contributed by atoms with Crippen molar-refractivity contribution in [3.63, 3.8) is 0 Å². The van der Waals surface area contributed by atoms with Crippen LogP contribution in [0, 0.1) is 23.2 Å². The maximum absolute atomic E-state index is 8.96. The van der Waals surface area contributed by atoms with Gasteiger partial charge in [0.05, 0.1) is 11.6 Å². The third-order valence-electron chi connectivity index (χ3n) is 5.81. The highest BCUT2D eigenvalue weighted by molar-refractivity contribution is 5.35. The summed E-state index contributed by atoms with van der Waals surface area (Å²) < 4.78 is 6.32. The molecule has 3 rings (SSSR count). The molecule has 0 spiro atoms. The number of benzene rings is 2. The van der Waals surface area contributed by atoms with Gasteiger partial charge in [0.1, 0.15) is 11.9 Å². The molecule has 0 amide bonds. The molecule has 1 saturated carbocycles. The number of ether oxygens (including phenoxy) is 1. The summed E-state index contributed by atoms with van der Waals surface area (Å²) in [5.74, 6) is 2.63. The summed E-state index contributed by atoms with van der Waals surface area (Å²) in [6.45, 7) is 2.32. The zero-order chi connectivity index (χ0) is 18.2. The predicted octanol–water partition coefficient (Wildman–Crippen LogP) is 6.67. The van der Waals surface area contributed by atoms with Crippen LogP contribution in [0.15, 0.2) is 54.6 Å². The van der Waals surface area contributed by atoms with Gasteiger partial charge < -0.3 is 4.74 Å². The average Bonchev–Trinajstić information content (AvgIpc) is 2.72. The van der Waals surface area contributed by atoms with Crippen molar-refractivity contribution in [3.8, 4) is 11.8 Å². The monoisotopic (exact) mass is 347 g/mol. The van der Waals surface area contributed by atoms with Crippen LogP contribution in [0.25, 0.3) is 0 Å². The normalized spacial score (nSPS) is 20.9. The number of rotatable bonds is 7. The summed E-state index contributed by atoms with van der Waals surface area (Å²) in [6, 6.07) is 20.1. The van der Waals surface area contributed by atoms with Gasteiger partial charge in [0.25, 0.3) is 0 Å². The lowest BCUT2D eigenvalue weighted by atomic mass is 9.78. The van der Waals surface area contributed by atoms with E-state index in [0.29, 0.717) is 5.56 Å². The highest BCUT2D eigenvalue weighted by atomic mass is 16.5. The van der Waals surface area contributed by atoms with Gasteiger partial charge in [-0.1, -0.05) is 69.4 Å². The van der Waals surface area contributed by atoms with E-state index < -0.39 is 0 Å². The molecule has 0 bridgehead atoms. The van der Waals surface area contributed by atoms with Crippen molar-refractivity contribution in [1.29, 1.82) is 5.26 Å². The molecule has 1 aliphatic carbocycles. The van der Waals surface area contributed by atoms with Crippen molar-refractivity contribution >= 4 is 0 Å². The maximum atomic E-state index is 8.96. The lowest BCUT2D eigenvalue weighted by Crippen LogP contribution is -2.16. The van der Waals surface area contributed by atoms with E-state index in [1.54, 1.807) is 0 Å². The largest absolute Gasteiger partial charge is 0.486 e. The van der Waals surface area contributed by atoms with Gasteiger partial charge in [-0.05, 0) is 54.5 Å². The second-order valence-corrected chi connectivity index (χ2v) is 7.53. The van der Waals surface area contributed by atoms with Gasteiger partial charge >= 0.3 is 0 Å².